The molecule has 2 heterocycles. The van der Waals surface area contributed by atoms with Crippen molar-refractivity contribution in [1.82, 2.24) is 4.90 Å². The number of likely N-dealkylation sites (tertiary alicyclic amines) is 1. The van der Waals surface area contributed by atoms with Crippen LogP contribution in [-0.2, 0) is 4.74 Å². The first-order chi connectivity index (χ1) is 7.42. The molecule has 15 heavy (non-hydrogen) atoms. The average molecular weight is 209 g/mol. The van der Waals surface area contributed by atoms with Gasteiger partial charge in [0.2, 0.25) is 0 Å². The van der Waals surface area contributed by atoms with E-state index in [-0.39, 0.29) is 0 Å². The van der Waals surface area contributed by atoms with Crippen LogP contribution >= 0.6 is 0 Å². The Balaban J connectivity index is 0.000000531. The zero-order valence-electron chi connectivity index (χ0n) is 10.3. The minimum absolute atomic E-state index is 0.507. The summed E-state index contributed by atoms with van der Waals surface area (Å²) in [6.45, 7) is 9.00. The molecule has 0 aromatic carbocycles. The molecule has 2 atom stereocenters. The van der Waals surface area contributed by atoms with Gasteiger partial charge in [0.05, 0.1) is 12.6 Å². The Bertz CT molecular complexity index is 228. The monoisotopic (exact) mass is 209 g/mol. The molecule has 2 unspecified atom stereocenters. The summed E-state index contributed by atoms with van der Waals surface area (Å²) in [6.07, 6.45) is 4.23. The molecule has 86 valence electrons. The topological polar surface area (TPSA) is 12.5 Å². The second kappa shape index (κ2) is 6.87. The van der Waals surface area contributed by atoms with E-state index in [1.807, 2.05) is 20.8 Å². The van der Waals surface area contributed by atoms with Gasteiger partial charge < -0.3 is 4.74 Å². The highest BCUT2D eigenvalue weighted by molar-refractivity contribution is 5.01. The van der Waals surface area contributed by atoms with Gasteiger partial charge in [-0.05, 0) is 32.7 Å². The zero-order valence-corrected chi connectivity index (χ0v) is 10.3. The van der Waals surface area contributed by atoms with Crippen molar-refractivity contribution in [2.45, 2.75) is 52.2 Å². The third kappa shape index (κ3) is 3.22. The number of hydrogen-bond acceptors (Lipinski definition) is 2. The number of hydrogen-bond donors (Lipinski definition) is 0. The van der Waals surface area contributed by atoms with Crippen molar-refractivity contribution >= 4 is 0 Å². The average Bonchev–Trinajstić information content (AvgIpc) is 2.77. The number of ether oxygens (including phenoxy) is 1. The fourth-order valence-corrected chi connectivity index (χ4v) is 2.37. The van der Waals surface area contributed by atoms with E-state index >= 15 is 0 Å². The van der Waals surface area contributed by atoms with E-state index in [4.69, 9.17) is 4.74 Å². The Hall–Kier alpha value is -0.520. The molecular formula is C13H23NO. The molecule has 2 nitrogen and oxygen atoms in total. The van der Waals surface area contributed by atoms with Gasteiger partial charge in [-0.3, -0.25) is 4.90 Å². The molecule has 0 aromatic rings. The van der Waals surface area contributed by atoms with Gasteiger partial charge >= 0.3 is 0 Å². The highest BCUT2D eigenvalue weighted by Gasteiger charge is 2.35. The Morgan fingerprint density at radius 3 is 2.87 bits per heavy atom. The van der Waals surface area contributed by atoms with Crippen LogP contribution in [0.5, 0.6) is 0 Å². The minimum atomic E-state index is 0.507. The molecule has 2 aliphatic rings. The van der Waals surface area contributed by atoms with Crippen LogP contribution in [0, 0.1) is 11.8 Å². The van der Waals surface area contributed by atoms with Crippen molar-refractivity contribution < 1.29 is 4.74 Å². The molecule has 0 radical (unpaired) electrons. The Morgan fingerprint density at radius 2 is 2.13 bits per heavy atom. The third-order valence-electron chi connectivity index (χ3n) is 3.04. The van der Waals surface area contributed by atoms with Crippen molar-refractivity contribution in [1.29, 1.82) is 0 Å². The SMILES string of the molecule is CC.CC#CCN1CCCC2OCCC21. The lowest BCUT2D eigenvalue weighted by Crippen LogP contribution is -2.45. The lowest BCUT2D eigenvalue weighted by Gasteiger charge is -2.35. The van der Waals surface area contributed by atoms with E-state index in [1.54, 1.807) is 0 Å². The van der Waals surface area contributed by atoms with Crippen LogP contribution in [0.15, 0.2) is 0 Å². The molecule has 0 N–H and O–H groups in total. The maximum absolute atomic E-state index is 5.68. The van der Waals surface area contributed by atoms with Gasteiger partial charge in [0.25, 0.3) is 0 Å². The molecule has 2 rings (SSSR count). The van der Waals surface area contributed by atoms with Crippen molar-refractivity contribution in [3.63, 3.8) is 0 Å². The molecule has 0 amide bonds. The molecule has 2 aliphatic heterocycles. The largest absolute Gasteiger partial charge is 0.377 e. The van der Waals surface area contributed by atoms with E-state index in [9.17, 15) is 0 Å². The molecule has 2 saturated heterocycles. The molecule has 0 aromatic heterocycles. The van der Waals surface area contributed by atoms with E-state index in [0.29, 0.717) is 12.1 Å². The summed E-state index contributed by atoms with van der Waals surface area (Å²) in [7, 11) is 0. The molecule has 0 saturated carbocycles. The summed E-state index contributed by atoms with van der Waals surface area (Å²) >= 11 is 0. The maximum Gasteiger partial charge on any atom is 0.0731 e. The summed E-state index contributed by atoms with van der Waals surface area (Å²) in [6, 6.07) is 0.662. The van der Waals surface area contributed by atoms with Gasteiger partial charge in [-0.2, -0.15) is 0 Å². The predicted octanol–water partition coefficient (Wildman–Crippen LogP) is 2.29. The number of rotatable bonds is 1. The van der Waals surface area contributed by atoms with Crippen molar-refractivity contribution in [3.05, 3.63) is 0 Å². The van der Waals surface area contributed by atoms with Gasteiger partial charge in [0.15, 0.2) is 0 Å². The van der Waals surface area contributed by atoms with Gasteiger partial charge in [0, 0.05) is 12.6 Å². The van der Waals surface area contributed by atoms with Crippen LogP contribution in [0.25, 0.3) is 0 Å². The van der Waals surface area contributed by atoms with E-state index in [0.717, 1.165) is 13.2 Å². The summed E-state index contributed by atoms with van der Waals surface area (Å²) in [5.74, 6) is 6.11. The maximum atomic E-state index is 5.68. The molecule has 0 bridgehead atoms. The molecule has 2 heteroatoms. The first-order valence-electron chi connectivity index (χ1n) is 6.17. The van der Waals surface area contributed by atoms with Crippen LogP contribution in [0.4, 0.5) is 0 Å². The van der Waals surface area contributed by atoms with Crippen molar-refractivity contribution in [3.8, 4) is 11.8 Å². The second-order valence-electron chi connectivity index (χ2n) is 3.80. The molecule has 2 fully saturated rings. The number of piperidine rings is 1. The quantitative estimate of drug-likeness (QED) is 0.614. The number of nitrogens with zero attached hydrogens (tertiary/aromatic N) is 1. The standard InChI is InChI=1S/C11H17NO.C2H6/c1-2-3-7-12-8-4-5-11-10(12)6-9-13-11;1-2/h10-11H,4-9H2,1H3;1-2H3. The fraction of sp³-hybridized carbons (Fsp3) is 0.846. The van der Waals surface area contributed by atoms with Crippen molar-refractivity contribution in [2.24, 2.45) is 0 Å². The number of fused-ring (bicyclic) bond motifs is 1. The van der Waals surface area contributed by atoms with Crippen LogP contribution in [0.2, 0.25) is 0 Å². The Morgan fingerprint density at radius 1 is 1.33 bits per heavy atom. The second-order valence-corrected chi connectivity index (χ2v) is 3.80. The zero-order chi connectivity index (χ0) is 11.1. The summed E-state index contributed by atoms with van der Waals surface area (Å²) in [5.41, 5.74) is 0. The van der Waals surface area contributed by atoms with Gasteiger partial charge in [0.1, 0.15) is 0 Å². The Labute approximate surface area is 94.0 Å². The van der Waals surface area contributed by atoms with Gasteiger partial charge in [-0.25, -0.2) is 0 Å². The first kappa shape index (κ1) is 12.5. The molecule has 0 spiro atoms. The Kier molecular flexibility index (Phi) is 5.75. The first-order valence-corrected chi connectivity index (χ1v) is 6.17. The summed E-state index contributed by atoms with van der Waals surface area (Å²) < 4.78 is 5.68. The van der Waals surface area contributed by atoms with E-state index in [1.165, 1.54) is 25.8 Å². The predicted molar refractivity (Wildman–Crippen MR) is 63.8 cm³/mol. The third-order valence-corrected chi connectivity index (χ3v) is 3.04. The van der Waals surface area contributed by atoms with E-state index < -0.39 is 0 Å². The highest BCUT2D eigenvalue weighted by Crippen LogP contribution is 2.27. The molecule has 0 aliphatic carbocycles. The van der Waals surface area contributed by atoms with Gasteiger partial charge in [-0.1, -0.05) is 19.8 Å². The van der Waals surface area contributed by atoms with Crippen LogP contribution in [0.3, 0.4) is 0 Å². The lowest BCUT2D eigenvalue weighted by atomic mass is 9.99. The summed E-state index contributed by atoms with van der Waals surface area (Å²) in [4.78, 5) is 2.48. The smallest absolute Gasteiger partial charge is 0.0731 e. The summed E-state index contributed by atoms with van der Waals surface area (Å²) in [5, 5.41) is 0. The van der Waals surface area contributed by atoms with Gasteiger partial charge in [-0.15, -0.1) is 5.92 Å². The van der Waals surface area contributed by atoms with Crippen LogP contribution in [0.1, 0.15) is 40.0 Å². The normalized spacial score (nSPS) is 29.5. The molecular weight excluding hydrogens is 186 g/mol. The van der Waals surface area contributed by atoms with Crippen LogP contribution < -0.4 is 0 Å². The fourth-order valence-electron chi connectivity index (χ4n) is 2.37. The van der Waals surface area contributed by atoms with E-state index in [2.05, 4.69) is 16.7 Å². The lowest BCUT2D eigenvalue weighted by molar-refractivity contribution is 0.0323. The minimum Gasteiger partial charge on any atom is -0.377 e. The van der Waals surface area contributed by atoms with Crippen molar-refractivity contribution in [2.75, 3.05) is 19.7 Å². The van der Waals surface area contributed by atoms with Crippen LogP contribution in [-0.4, -0.2) is 36.7 Å². The highest BCUT2D eigenvalue weighted by atomic mass is 16.5.